The lowest BCUT2D eigenvalue weighted by Gasteiger charge is -2.19. The number of nitrogens with zero attached hydrogens (tertiary/aromatic N) is 5. The lowest BCUT2D eigenvalue weighted by atomic mass is 10.3. The van der Waals surface area contributed by atoms with Crippen molar-refractivity contribution >= 4 is 28.7 Å². The summed E-state index contributed by atoms with van der Waals surface area (Å²) in [6.07, 6.45) is 0.806. The number of aryl methyl sites for hydroxylation is 2. The molecule has 0 unspecified atom stereocenters. The van der Waals surface area contributed by atoms with Crippen LogP contribution in [0.5, 0.6) is 0 Å². The third kappa shape index (κ3) is 2.77. The molecule has 0 aliphatic heterocycles. The zero-order valence-corrected chi connectivity index (χ0v) is 13.8. The molecule has 0 radical (unpaired) electrons. The fourth-order valence-electron chi connectivity index (χ4n) is 2.60. The molecule has 2 aromatic heterocycles. The van der Waals surface area contributed by atoms with Crippen molar-refractivity contribution in [1.82, 2.24) is 24.2 Å². The van der Waals surface area contributed by atoms with Crippen LogP contribution in [0.3, 0.4) is 0 Å². The second-order valence-corrected chi connectivity index (χ2v) is 5.18. The van der Waals surface area contributed by atoms with Gasteiger partial charge in [0.15, 0.2) is 5.65 Å². The molecule has 0 fully saturated rings. The van der Waals surface area contributed by atoms with Crippen molar-refractivity contribution in [2.24, 2.45) is 7.05 Å². The molecule has 0 bridgehead atoms. The van der Waals surface area contributed by atoms with Gasteiger partial charge in [-0.15, -0.1) is 11.6 Å². The van der Waals surface area contributed by atoms with Gasteiger partial charge in [0, 0.05) is 20.1 Å². The number of carbonyl (C=O) groups excluding carboxylic acids is 1. The fraction of sp³-hybridized carbons (Fsp3) is 0.643. The van der Waals surface area contributed by atoms with E-state index in [9.17, 15) is 4.79 Å². The van der Waals surface area contributed by atoms with Crippen LogP contribution in [0.1, 0.15) is 32.3 Å². The third-order valence-corrected chi connectivity index (χ3v) is 3.97. The molecule has 0 N–H and O–H groups in total. The van der Waals surface area contributed by atoms with E-state index in [0.29, 0.717) is 13.1 Å². The minimum absolute atomic E-state index is 0.0740. The molecule has 0 saturated carbocycles. The molecular formula is C14H22ClN5O. The van der Waals surface area contributed by atoms with Gasteiger partial charge in [-0.3, -0.25) is 9.48 Å². The second kappa shape index (κ2) is 6.47. The van der Waals surface area contributed by atoms with Crippen LogP contribution in [0, 0.1) is 0 Å². The number of carbonyl (C=O) groups is 1. The third-order valence-electron chi connectivity index (χ3n) is 3.73. The average Bonchev–Trinajstić information content (AvgIpc) is 2.98. The van der Waals surface area contributed by atoms with E-state index in [0.717, 1.165) is 29.1 Å². The van der Waals surface area contributed by atoms with E-state index in [1.165, 1.54) is 0 Å². The Morgan fingerprint density at radius 3 is 2.48 bits per heavy atom. The molecule has 6 nitrogen and oxygen atoms in total. The molecule has 0 spiro atoms. The Morgan fingerprint density at radius 2 is 1.95 bits per heavy atom. The number of likely N-dealkylation sites (N-methyl/N-ethyl adjacent to an activating group) is 1. The zero-order valence-electron chi connectivity index (χ0n) is 13.1. The number of hydrogen-bond acceptors (Lipinski definition) is 3. The van der Waals surface area contributed by atoms with Crippen molar-refractivity contribution in [2.75, 3.05) is 13.1 Å². The Kier molecular flexibility index (Phi) is 4.88. The molecule has 116 valence electrons. The molecular weight excluding hydrogens is 290 g/mol. The van der Waals surface area contributed by atoms with Gasteiger partial charge in [0.05, 0.1) is 11.6 Å². The highest BCUT2D eigenvalue weighted by Gasteiger charge is 2.21. The van der Waals surface area contributed by atoms with Crippen LogP contribution in [0.4, 0.5) is 0 Å². The second-order valence-electron chi connectivity index (χ2n) is 4.91. The van der Waals surface area contributed by atoms with E-state index in [-0.39, 0.29) is 18.3 Å². The summed E-state index contributed by atoms with van der Waals surface area (Å²) in [5.74, 6) is 1.07. The van der Waals surface area contributed by atoms with Gasteiger partial charge in [-0.25, -0.2) is 4.98 Å². The minimum Gasteiger partial charge on any atom is -0.342 e. The SMILES string of the molecule is CCc1nn(C)c2c1nc(CCl)n2CC(=O)N(CC)CC. The highest BCUT2D eigenvalue weighted by molar-refractivity contribution is 6.16. The maximum atomic E-state index is 12.4. The summed E-state index contributed by atoms with van der Waals surface area (Å²) >= 11 is 6.00. The predicted octanol–water partition coefficient (Wildman–Crippen LogP) is 1.94. The van der Waals surface area contributed by atoms with Gasteiger partial charge < -0.3 is 9.47 Å². The summed E-state index contributed by atoms with van der Waals surface area (Å²) in [6.45, 7) is 7.66. The van der Waals surface area contributed by atoms with Gasteiger partial charge in [0.25, 0.3) is 0 Å². The summed E-state index contributed by atoms with van der Waals surface area (Å²) in [7, 11) is 1.87. The van der Waals surface area contributed by atoms with Crippen LogP contribution in [0.2, 0.25) is 0 Å². The molecule has 0 aromatic carbocycles. The maximum absolute atomic E-state index is 12.4. The Labute approximate surface area is 129 Å². The maximum Gasteiger partial charge on any atom is 0.242 e. The Hall–Kier alpha value is -1.56. The molecule has 0 aliphatic rings. The smallest absolute Gasteiger partial charge is 0.242 e. The minimum atomic E-state index is 0.0740. The molecule has 2 heterocycles. The average molecular weight is 312 g/mol. The number of alkyl halides is 1. The van der Waals surface area contributed by atoms with Crippen LogP contribution in [0.15, 0.2) is 0 Å². The van der Waals surface area contributed by atoms with E-state index in [1.54, 1.807) is 9.58 Å². The van der Waals surface area contributed by atoms with Crippen molar-refractivity contribution in [3.63, 3.8) is 0 Å². The Bertz CT molecular complexity index is 641. The fourth-order valence-corrected chi connectivity index (χ4v) is 2.81. The van der Waals surface area contributed by atoms with Gasteiger partial charge in [0.1, 0.15) is 17.9 Å². The van der Waals surface area contributed by atoms with Crippen LogP contribution >= 0.6 is 11.6 Å². The molecule has 21 heavy (non-hydrogen) atoms. The molecule has 0 atom stereocenters. The lowest BCUT2D eigenvalue weighted by Crippen LogP contribution is -2.34. The summed E-state index contributed by atoms with van der Waals surface area (Å²) in [6, 6.07) is 0. The summed E-state index contributed by atoms with van der Waals surface area (Å²) < 4.78 is 3.67. The van der Waals surface area contributed by atoms with Crippen molar-refractivity contribution in [3.8, 4) is 0 Å². The largest absolute Gasteiger partial charge is 0.342 e. The number of hydrogen-bond donors (Lipinski definition) is 0. The van der Waals surface area contributed by atoms with Crippen molar-refractivity contribution in [3.05, 3.63) is 11.5 Å². The van der Waals surface area contributed by atoms with Gasteiger partial charge in [-0.1, -0.05) is 6.92 Å². The van der Waals surface area contributed by atoms with E-state index in [2.05, 4.69) is 10.1 Å². The highest BCUT2D eigenvalue weighted by atomic mass is 35.5. The number of imidazole rings is 1. The van der Waals surface area contributed by atoms with E-state index >= 15 is 0 Å². The number of amides is 1. The van der Waals surface area contributed by atoms with Gasteiger partial charge in [0.2, 0.25) is 5.91 Å². The summed E-state index contributed by atoms with van der Waals surface area (Å²) in [5, 5.41) is 4.46. The van der Waals surface area contributed by atoms with Crippen LogP contribution < -0.4 is 0 Å². The van der Waals surface area contributed by atoms with Gasteiger partial charge >= 0.3 is 0 Å². The van der Waals surface area contributed by atoms with Gasteiger partial charge in [-0.05, 0) is 20.3 Å². The first kappa shape index (κ1) is 15.8. The van der Waals surface area contributed by atoms with Crippen LogP contribution in [0.25, 0.3) is 11.2 Å². The topological polar surface area (TPSA) is 56.0 Å². The zero-order chi connectivity index (χ0) is 15.6. The Morgan fingerprint density at radius 1 is 1.29 bits per heavy atom. The highest BCUT2D eigenvalue weighted by Crippen LogP contribution is 2.21. The van der Waals surface area contributed by atoms with Crippen molar-refractivity contribution in [1.29, 1.82) is 0 Å². The van der Waals surface area contributed by atoms with E-state index in [1.807, 2.05) is 32.4 Å². The molecule has 2 aromatic rings. The van der Waals surface area contributed by atoms with E-state index < -0.39 is 0 Å². The first-order valence-electron chi connectivity index (χ1n) is 7.31. The number of aromatic nitrogens is 4. The van der Waals surface area contributed by atoms with Crippen LogP contribution in [-0.4, -0.2) is 43.2 Å². The monoisotopic (exact) mass is 311 g/mol. The van der Waals surface area contributed by atoms with E-state index in [4.69, 9.17) is 11.6 Å². The molecule has 0 aliphatic carbocycles. The first-order chi connectivity index (χ1) is 10.1. The van der Waals surface area contributed by atoms with Gasteiger partial charge in [-0.2, -0.15) is 5.10 Å². The normalized spacial score (nSPS) is 11.3. The molecule has 1 amide bonds. The molecule has 7 heteroatoms. The van der Waals surface area contributed by atoms with Crippen molar-refractivity contribution < 1.29 is 4.79 Å². The molecule has 2 rings (SSSR count). The number of fused-ring (bicyclic) bond motifs is 1. The first-order valence-corrected chi connectivity index (χ1v) is 7.85. The summed E-state index contributed by atoms with van der Waals surface area (Å²) in [5.41, 5.74) is 2.65. The number of halogens is 1. The Balaban J connectivity index is 2.47. The number of rotatable bonds is 6. The van der Waals surface area contributed by atoms with Crippen LogP contribution in [-0.2, 0) is 30.7 Å². The van der Waals surface area contributed by atoms with Crippen molar-refractivity contribution in [2.45, 2.75) is 39.6 Å². The standard InChI is InChI=1S/C14H22ClN5O/c1-5-10-13-14(18(4)17-10)20(11(8-15)16-13)9-12(21)19(6-2)7-3/h5-9H2,1-4H3. The lowest BCUT2D eigenvalue weighted by molar-refractivity contribution is -0.131. The molecule has 0 saturated heterocycles. The predicted molar refractivity (Wildman–Crippen MR) is 83.4 cm³/mol. The quantitative estimate of drug-likeness (QED) is 0.766. The summed E-state index contributed by atoms with van der Waals surface area (Å²) in [4.78, 5) is 18.7.